The molecule has 20 heteroatoms. The Kier molecular flexibility index (Phi) is 12.0. The fourth-order valence-corrected chi connectivity index (χ4v) is 10.6. The number of alkyl halides is 9. The van der Waals surface area contributed by atoms with E-state index in [4.69, 9.17) is 0 Å². The number of nitriles is 1. The molecule has 8 rings (SSSR count). The van der Waals surface area contributed by atoms with E-state index in [9.17, 15) is 63.1 Å². The highest BCUT2D eigenvalue weighted by molar-refractivity contribution is 6.00. The van der Waals surface area contributed by atoms with E-state index in [1.807, 2.05) is 0 Å². The van der Waals surface area contributed by atoms with Crippen LogP contribution in [0.1, 0.15) is 77.6 Å². The number of hydrogen-bond acceptors (Lipinski definition) is 7. The van der Waals surface area contributed by atoms with Gasteiger partial charge in [0.25, 0.3) is 0 Å². The first-order valence-corrected chi connectivity index (χ1v) is 21.3. The molecule has 2 aliphatic heterocycles. The van der Waals surface area contributed by atoms with Gasteiger partial charge in [-0.25, -0.2) is 18.7 Å². The molecule has 0 radical (unpaired) electrons. The summed E-state index contributed by atoms with van der Waals surface area (Å²) >= 11 is 0. The molecule has 2 aliphatic carbocycles. The third-order valence-electron chi connectivity index (χ3n) is 13.8. The Hall–Kier alpha value is -6.00. The topological polar surface area (TPSA) is 96.7 Å². The van der Waals surface area contributed by atoms with Gasteiger partial charge in [-0.15, -0.1) is 0 Å². The summed E-state index contributed by atoms with van der Waals surface area (Å²) in [5.74, 6) is -5.51. The number of rotatable bonds is 8. The summed E-state index contributed by atoms with van der Waals surface area (Å²) in [6.45, 7) is 1.68. The van der Waals surface area contributed by atoms with Crippen LogP contribution in [0.4, 0.5) is 71.3 Å². The molecule has 4 fully saturated rings. The molecule has 350 valence electrons. The van der Waals surface area contributed by atoms with Crippen molar-refractivity contribution < 1.29 is 57.9 Å². The van der Waals surface area contributed by atoms with Gasteiger partial charge in [-0.05, 0) is 104 Å². The molecule has 2 aromatic heterocycles. The minimum absolute atomic E-state index is 0.00176. The highest BCUT2D eigenvalue weighted by atomic mass is 19.4. The Balaban J connectivity index is 1.10. The van der Waals surface area contributed by atoms with E-state index in [0.717, 1.165) is 34.4 Å². The summed E-state index contributed by atoms with van der Waals surface area (Å²) < 4.78 is 157. The highest BCUT2D eigenvalue weighted by Gasteiger charge is 2.53. The molecule has 66 heavy (non-hydrogen) atoms. The third-order valence-corrected chi connectivity index (χ3v) is 13.8. The molecule has 6 atom stereocenters. The van der Waals surface area contributed by atoms with Crippen LogP contribution in [-0.2, 0) is 34.5 Å². The van der Waals surface area contributed by atoms with Crippen molar-refractivity contribution in [2.24, 2.45) is 23.7 Å². The number of carbonyl (C=O) groups is 2. The fraction of sp³-hybridized carbons (Fsp3) is 0.457. The smallest absolute Gasteiger partial charge is 0.343 e. The number of aromatic nitrogens is 2. The normalized spacial score (nSPS) is 22.9. The largest absolute Gasteiger partial charge is 0.419 e. The number of anilines is 4. The number of carbonyl (C=O) groups excluding carboxylic acids is 2. The number of pyridine rings is 2. The Morgan fingerprint density at radius 2 is 1.33 bits per heavy atom. The number of halogens is 11. The average molecular weight is 934 g/mol. The number of aryl methyl sites for hydroxylation is 1. The molecular formula is C46H42F11N7O2. The fourth-order valence-electron chi connectivity index (χ4n) is 10.6. The zero-order chi connectivity index (χ0) is 47.8. The molecule has 2 amide bonds. The Labute approximate surface area is 371 Å². The molecule has 2 saturated heterocycles. The number of benzene rings is 2. The summed E-state index contributed by atoms with van der Waals surface area (Å²) in [6, 6.07) is 7.34. The van der Waals surface area contributed by atoms with Crippen LogP contribution >= 0.6 is 0 Å². The number of likely N-dealkylation sites (N-methyl/N-ethyl adjacent to an activating group) is 2. The van der Waals surface area contributed by atoms with Crippen LogP contribution in [0.5, 0.6) is 0 Å². The lowest BCUT2D eigenvalue weighted by Gasteiger charge is -2.33. The van der Waals surface area contributed by atoms with Crippen molar-refractivity contribution in [2.45, 2.75) is 82.5 Å². The van der Waals surface area contributed by atoms with Crippen molar-refractivity contribution in [3.05, 3.63) is 105 Å². The minimum atomic E-state index is -5.23. The van der Waals surface area contributed by atoms with Crippen LogP contribution < -0.4 is 19.6 Å². The molecule has 9 nitrogen and oxygen atoms in total. The van der Waals surface area contributed by atoms with Crippen molar-refractivity contribution in [1.29, 1.82) is 5.26 Å². The van der Waals surface area contributed by atoms with Gasteiger partial charge in [-0.1, -0.05) is 18.9 Å². The number of nitrogens with zero attached hydrogens (tertiary/aromatic N) is 7. The van der Waals surface area contributed by atoms with E-state index in [2.05, 4.69) is 9.97 Å². The van der Waals surface area contributed by atoms with E-state index in [1.54, 1.807) is 25.1 Å². The van der Waals surface area contributed by atoms with Crippen molar-refractivity contribution in [3.8, 4) is 6.07 Å². The lowest BCUT2D eigenvalue weighted by Crippen LogP contribution is -2.48. The van der Waals surface area contributed by atoms with Crippen LogP contribution in [0.2, 0.25) is 0 Å². The summed E-state index contributed by atoms with van der Waals surface area (Å²) in [7, 11) is 2.68. The van der Waals surface area contributed by atoms with Gasteiger partial charge in [0.15, 0.2) is 0 Å². The van der Waals surface area contributed by atoms with Crippen LogP contribution in [0, 0.1) is 53.6 Å². The maximum atomic E-state index is 14.9. The summed E-state index contributed by atoms with van der Waals surface area (Å²) in [4.78, 5) is 41.6. The van der Waals surface area contributed by atoms with Gasteiger partial charge < -0.3 is 19.6 Å². The molecule has 0 N–H and O–H groups in total. The number of amides is 2. The number of hydrogen-bond donors (Lipinski definition) is 0. The quantitative estimate of drug-likeness (QED) is 0.162. The predicted molar refractivity (Wildman–Crippen MR) is 219 cm³/mol. The highest BCUT2D eigenvalue weighted by Crippen LogP contribution is 2.49. The second-order valence-electron chi connectivity index (χ2n) is 17.6. The monoisotopic (exact) mass is 933 g/mol. The molecular weight excluding hydrogens is 892 g/mol. The van der Waals surface area contributed by atoms with Gasteiger partial charge in [0.05, 0.1) is 22.4 Å². The van der Waals surface area contributed by atoms with E-state index >= 15 is 0 Å². The molecule has 0 spiro atoms. The maximum absolute atomic E-state index is 14.9. The summed E-state index contributed by atoms with van der Waals surface area (Å²) in [5, 5.41) is 10.2. The Morgan fingerprint density at radius 1 is 0.742 bits per heavy atom. The van der Waals surface area contributed by atoms with E-state index in [0.29, 0.717) is 55.5 Å². The van der Waals surface area contributed by atoms with Crippen molar-refractivity contribution in [3.63, 3.8) is 0 Å². The van der Waals surface area contributed by atoms with E-state index in [1.165, 1.54) is 30.0 Å². The third kappa shape index (κ3) is 8.49. The van der Waals surface area contributed by atoms with Crippen LogP contribution in [0.15, 0.2) is 54.7 Å². The maximum Gasteiger partial charge on any atom is 0.419 e. The van der Waals surface area contributed by atoms with E-state index in [-0.39, 0.29) is 66.2 Å². The second-order valence-corrected chi connectivity index (χ2v) is 17.6. The molecule has 0 bridgehead atoms. The molecule has 4 aliphatic rings. The first-order chi connectivity index (χ1) is 31.0. The van der Waals surface area contributed by atoms with Crippen molar-refractivity contribution >= 4 is 34.8 Å². The Morgan fingerprint density at radius 3 is 1.88 bits per heavy atom. The molecule has 2 saturated carbocycles. The van der Waals surface area contributed by atoms with E-state index < -0.39 is 88.1 Å². The van der Waals surface area contributed by atoms with Crippen LogP contribution in [0.3, 0.4) is 0 Å². The van der Waals surface area contributed by atoms with Gasteiger partial charge >= 0.3 is 18.5 Å². The SMILES string of the molecule is Cc1cc(N(C)C(=O)[C@@H]2[C@H]3CCC[C@H]3CN2c2ncc(C(F)(F)F)cc2C(F)(F)F)ccc1Cc1cc(C(F)(F)F)c(C#N)c(N2C[C@@H]3CCC[C@@H]3[C@H]2C(=O)N(C)c2ccc(F)cc2F)n1. The van der Waals surface area contributed by atoms with Crippen molar-refractivity contribution in [2.75, 3.05) is 46.8 Å². The standard InChI is InChI=1S/C46H42F11N7O2/c1-23-14-30(61(2)42(65)38-31-8-5-7-26(31)22-64(38)41-35(46(55,56)57)16-27(20-59-41)44(49,50)51)12-10-24(23)15-29-18-34(45(52,53)54)33(19-58)40(60-29)63-21-25-6-4-9-32(25)39(63)43(66)62(3)37-13-11-28(47)17-36(37)48/h10-14,16-18,20,25-26,31-32,38-39H,4-9,15,21-22H2,1-3H3/t25-,26-,31-,32-,38-,39-/m0/s1. The van der Waals surface area contributed by atoms with Crippen molar-refractivity contribution in [1.82, 2.24) is 9.97 Å². The van der Waals surface area contributed by atoms with Gasteiger partial charge in [-0.2, -0.15) is 44.8 Å². The molecule has 4 aromatic rings. The molecule has 2 aromatic carbocycles. The minimum Gasteiger partial charge on any atom is -0.343 e. The predicted octanol–water partition coefficient (Wildman–Crippen LogP) is 10.1. The average Bonchev–Trinajstić information content (AvgIpc) is 4.04. The van der Waals surface area contributed by atoms with Gasteiger partial charge in [-0.3, -0.25) is 9.59 Å². The van der Waals surface area contributed by atoms with Gasteiger partial charge in [0.1, 0.15) is 47.0 Å². The van der Waals surface area contributed by atoms with Crippen LogP contribution in [0.25, 0.3) is 0 Å². The number of fused-ring (bicyclic) bond motifs is 2. The lowest BCUT2D eigenvalue weighted by molar-refractivity contribution is -0.143. The summed E-state index contributed by atoms with van der Waals surface area (Å²) in [5.41, 5.74) is -4.44. The Bertz CT molecular complexity index is 2610. The molecule has 0 unspecified atom stereocenters. The van der Waals surface area contributed by atoms with Gasteiger partial charge in [0, 0.05) is 57.3 Å². The van der Waals surface area contributed by atoms with Crippen LogP contribution in [-0.4, -0.2) is 61.1 Å². The first kappa shape index (κ1) is 46.5. The lowest BCUT2D eigenvalue weighted by atomic mass is 9.92. The zero-order valence-electron chi connectivity index (χ0n) is 35.6. The zero-order valence-corrected chi connectivity index (χ0v) is 35.6. The van der Waals surface area contributed by atoms with Gasteiger partial charge in [0.2, 0.25) is 11.8 Å². The second kappa shape index (κ2) is 17.0. The summed E-state index contributed by atoms with van der Waals surface area (Å²) in [6.07, 6.45) is -11.6. The first-order valence-electron chi connectivity index (χ1n) is 21.3. The molecule has 4 heterocycles.